The van der Waals surface area contributed by atoms with Gasteiger partial charge in [0, 0.05) is 16.7 Å². The second-order valence-corrected chi connectivity index (χ2v) is 9.26. The molecule has 0 amide bonds. The SMILES string of the molecule is CCN(CC)C1Cc2ccc(cc2)P(=O)(Cl)c2ccc1cc2. The molecule has 2 aromatic rings. The van der Waals surface area contributed by atoms with Gasteiger partial charge in [0.1, 0.15) is 0 Å². The van der Waals surface area contributed by atoms with Crippen LogP contribution in [0.5, 0.6) is 0 Å². The monoisotopic (exact) mass is 333 g/mol. The fourth-order valence-electron chi connectivity index (χ4n) is 3.21. The fraction of sp³-hybridized carbons (Fsp3) is 0.333. The number of nitrogens with zero attached hydrogens (tertiary/aromatic N) is 1. The second-order valence-electron chi connectivity index (χ2n) is 5.73. The topological polar surface area (TPSA) is 20.3 Å². The maximum Gasteiger partial charge on any atom is 0.225 e. The third kappa shape index (κ3) is 2.76. The lowest BCUT2D eigenvalue weighted by molar-refractivity contribution is 0.217. The fourth-order valence-corrected chi connectivity index (χ4v) is 5.25. The number of rotatable bonds is 3. The van der Waals surface area contributed by atoms with E-state index in [9.17, 15) is 4.57 Å². The predicted octanol–water partition coefficient (Wildman–Crippen LogP) is 4.09. The Hall–Kier alpha value is -1.08. The molecular formula is C18H21ClNOP. The summed E-state index contributed by atoms with van der Waals surface area (Å²) in [6.07, 6.45) is 0.952. The highest BCUT2D eigenvalue weighted by molar-refractivity contribution is 8.00. The summed E-state index contributed by atoms with van der Waals surface area (Å²) in [6.45, 7) is 3.40. The number of hydrogen-bond donors (Lipinski definition) is 0. The summed E-state index contributed by atoms with van der Waals surface area (Å²) in [4.78, 5) is 2.46. The van der Waals surface area contributed by atoms with E-state index in [0.29, 0.717) is 16.7 Å². The van der Waals surface area contributed by atoms with Crippen LogP contribution in [0.1, 0.15) is 31.0 Å². The van der Waals surface area contributed by atoms with Gasteiger partial charge < -0.3 is 0 Å². The standard InChI is InChI=1S/C18H21ClNOP/c1-3-20(4-2)18-13-14-5-9-16(10-6-14)22(19,21)17-11-7-15(18)8-12-17/h5-12,18H,3-4,13H2,1-2H3. The molecular weight excluding hydrogens is 313 g/mol. The number of halogens is 1. The highest BCUT2D eigenvalue weighted by Crippen LogP contribution is 2.49. The van der Waals surface area contributed by atoms with Crippen LogP contribution >= 0.6 is 17.7 Å². The first-order chi connectivity index (χ1) is 10.6. The van der Waals surface area contributed by atoms with E-state index < -0.39 is 6.49 Å². The lowest BCUT2D eigenvalue weighted by Crippen LogP contribution is -2.30. The summed E-state index contributed by atoms with van der Waals surface area (Å²) in [5.41, 5.74) is 2.51. The van der Waals surface area contributed by atoms with Crippen molar-refractivity contribution in [2.24, 2.45) is 0 Å². The van der Waals surface area contributed by atoms with E-state index in [0.717, 1.165) is 19.5 Å². The molecule has 0 saturated carbocycles. The molecule has 6 rings (SSSR count). The van der Waals surface area contributed by atoms with Crippen molar-refractivity contribution in [2.45, 2.75) is 26.3 Å². The molecule has 0 N–H and O–H groups in total. The Bertz CT molecular complexity index is 692. The van der Waals surface area contributed by atoms with Gasteiger partial charge in [0.05, 0.1) is 0 Å². The van der Waals surface area contributed by atoms with Gasteiger partial charge in [-0.2, -0.15) is 0 Å². The molecule has 0 fully saturated rings. The van der Waals surface area contributed by atoms with Crippen molar-refractivity contribution in [3.05, 3.63) is 59.7 Å². The van der Waals surface area contributed by atoms with E-state index >= 15 is 0 Å². The molecule has 4 aliphatic rings. The molecule has 2 aromatic carbocycles. The smallest absolute Gasteiger partial charge is 0.225 e. The summed E-state index contributed by atoms with van der Waals surface area (Å²) >= 11 is 6.41. The molecule has 22 heavy (non-hydrogen) atoms. The predicted molar refractivity (Wildman–Crippen MR) is 95.0 cm³/mol. The van der Waals surface area contributed by atoms with Gasteiger partial charge in [-0.1, -0.05) is 38.1 Å². The van der Waals surface area contributed by atoms with Gasteiger partial charge in [-0.25, -0.2) is 0 Å². The summed E-state index contributed by atoms with van der Waals surface area (Å²) in [7, 11) is 0. The van der Waals surface area contributed by atoms with Gasteiger partial charge in [0.2, 0.25) is 6.49 Å². The van der Waals surface area contributed by atoms with Crippen LogP contribution in [0.25, 0.3) is 0 Å². The van der Waals surface area contributed by atoms with E-state index in [1.165, 1.54) is 11.1 Å². The Kier molecular flexibility index (Phi) is 4.45. The number of hydrogen-bond acceptors (Lipinski definition) is 2. The molecule has 116 valence electrons. The quantitative estimate of drug-likeness (QED) is 0.788. The zero-order chi connectivity index (χ0) is 15.7. The molecule has 2 nitrogen and oxygen atoms in total. The van der Waals surface area contributed by atoms with Crippen molar-refractivity contribution < 1.29 is 4.57 Å². The van der Waals surface area contributed by atoms with E-state index in [2.05, 4.69) is 43.0 Å². The van der Waals surface area contributed by atoms with E-state index in [4.69, 9.17) is 11.2 Å². The molecule has 4 aliphatic heterocycles. The van der Waals surface area contributed by atoms with Crippen LogP contribution in [0.15, 0.2) is 48.5 Å². The highest BCUT2D eigenvalue weighted by atomic mass is 35.7. The maximum absolute atomic E-state index is 12.9. The third-order valence-corrected chi connectivity index (χ3v) is 7.66. The van der Waals surface area contributed by atoms with Crippen molar-refractivity contribution in [2.75, 3.05) is 13.1 Å². The molecule has 4 heterocycles. The minimum absolute atomic E-state index is 0.336. The average Bonchev–Trinajstić information content (AvgIpc) is 2.59. The first kappa shape index (κ1) is 15.8. The van der Waals surface area contributed by atoms with Crippen LogP contribution < -0.4 is 10.6 Å². The maximum atomic E-state index is 12.9. The van der Waals surface area contributed by atoms with Crippen molar-refractivity contribution >= 4 is 28.3 Å². The first-order valence-corrected chi connectivity index (χ1v) is 10.4. The molecule has 4 bridgehead atoms. The lowest BCUT2D eigenvalue weighted by Gasteiger charge is -2.30. The summed E-state index contributed by atoms with van der Waals surface area (Å²) in [5.74, 6) is 0. The van der Waals surface area contributed by atoms with Crippen LogP contribution in [-0.2, 0) is 11.0 Å². The third-order valence-electron chi connectivity index (χ3n) is 4.56. The van der Waals surface area contributed by atoms with Gasteiger partial charge in [0.25, 0.3) is 0 Å². The molecule has 0 radical (unpaired) electrons. The van der Waals surface area contributed by atoms with Crippen LogP contribution in [-0.4, -0.2) is 18.0 Å². The van der Waals surface area contributed by atoms with E-state index in [-0.39, 0.29) is 0 Å². The normalized spacial score (nSPS) is 23.7. The Morgan fingerprint density at radius 2 is 1.50 bits per heavy atom. The second kappa shape index (κ2) is 6.20. The van der Waals surface area contributed by atoms with Crippen LogP contribution in [0, 0.1) is 0 Å². The zero-order valence-electron chi connectivity index (χ0n) is 13.0. The largest absolute Gasteiger partial charge is 0.297 e. The Balaban J connectivity index is 2.17. The van der Waals surface area contributed by atoms with E-state index in [1.54, 1.807) is 0 Å². The zero-order valence-corrected chi connectivity index (χ0v) is 14.6. The number of benzene rings is 2. The van der Waals surface area contributed by atoms with Gasteiger partial charge in [-0.3, -0.25) is 9.46 Å². The van der Waals surface area contributed by atoms with Gasteiger partial charge in [-0.05, 0) is 66.1 Å². The van der Waals surface area contributed by atoms with Crippen molar-refractivity contribution in [1.29, 1.82) is 0 Å². The number of likely N-dealkylation sites (N-methyl/N-ethyl adjacent to an activating group) is 1. The minimum atomic E-state index is -3.01. The Morgan fingerprint density at radius 1 is 1.00 bits per heavy atom. The Morgan fingerprint density at radius 3 is 2.00 bits per heavy atom. The van der Waals surface area contributed by atoms with Gasteiger partial charge in [-0.15, -0.1) is 0 Å². The molecule has 0 spiro atoms. The van der Waals surface area contributed by atoms with Crippen LogP contribution in [0.2, 0.25) is 0 Å². The molecule has 2 unspecified atom stereocenters. The summed E-state index contributed by atoms with van der Waals surface area (Å²) in [5, 5.41) is 1.43. The summed E-state index contributed by atoms with van der Waals surface area (Å²) < 4.78 is 12.9. The molecule has 0 aromatic heterocycles. The van der Waals surface area contributed by atoms with Crippen molar-refractivity contribution in [1.82, 2.24) is 4.90 Å². The molecule has 4 heteroatoms. The van der Waals surface area contributed by atoms with Crippen molar-refractivity contribution in [3.63, 3.8) is 0 Å². The molecule has 0 aliphatic carbocycles. The molecule has 0 saturated heterocycles. The van der Waals surface area contributed by atoms with Gasteiger partial charge >= 0.3 is 0 Å². The van der Waals surface area contributed by atoms with Gasteiger partial charge in [0.15, 0.2) is 0 Å². The molecule has 2 atom stereocenters. The first-order valence-electron chi connectivity index (χ1n) is 7.80. The highest BCUT2D eigenvalue weighted by Gasteiger charge is 2.27. The van der Waals surface area contributed by atoms with E-state index in [1.807, 2.05) is 24.3 Å². The summed E-state index contributed by atoms with van der Waals surface area (Å²) in [6, 6.07) is 16.3. The van der Waals surface area contributed by atoms with Crippen LogP contribution in [0.3, 0.4) is 0 Å². The average molecular weight is 334 g/mol. The minimum Gasteiger partial charge on any atom is -0.297 e. The van der Waals surface area contributed by atoms with Crippen molar-refractivity contribution in [3.8, 4) is 0 Å². The lowest BCUT2D eigenvalue weighted by atomic mass is 9.97. The van der Waals surface area contributed by atoms with Crippen LogP contribution in [0.4, 0.5) is 0 Å². The Labute approximate surface area is 137 Å².